The van der Waals surface area contributed by atoms with Crippen LogP contribution in [0, 0.1) is 5.82 Å². The molecule has 1 saturated carbocycles. The van der Waals surface area contributed by atoms with Crippen LogP contribution >= 0.6 is 0 Å². The first-order valence-electron chi connectivity index (χ1n) is 9.93. The molecule has 0 spiro atoms. The van der Waals surface area contributed by atoms with Crippen LogP contribution in [0.25, 0.3) is 0 Å². The third kappa shape index (κ3) is 5.11. The molecular weight excluding hydrogens is 349 g/mol. The Hall–Kier alpha value is -1.86. The van der Waals surface area contributed by atoms with Gasteiger partial charge < -0.3 is 20.1 Å². The number of hydrogen-bond acceptors (Lipinski definition) is 4. The zero-order chi connectivity index (χ0) is 19.1. The third-order valence-electron chi connectivity index (χ3n) is 5.54. The Labute approximate surface area is 160 Å². The molecule has 0 bridgehead atoms. The number of morpholine rings is 1. The van der Waals surface area contributed by atoms with Crippen molar-refractivity contribution in [2.75, 3.05) is 44.8 Å². The van der Waals surface area contributed by atoms with Gasteiger partial charge in [-0.15, -0.1) is 0 Å². The average Bonchev–Trinajstić information content (AvgIpc) is 2.70. The van der Waals surface area contributed by atoms with Crippen LogP contribution in [0.5, 0.6) is 5.75 Å². The third-order valence-corrected chi connectivity index (χ3v) is 5.54. The zero-order valence-electron chi connectivity index (χ0n) is 16.1. The van der Waals surface area contributed by atoms with E-state index in [2.05, 4.69) is 15.5 Å². The highest BCUT2D eigenvalue weighted by atomic mass is 19.1. The lowest BCUT2D eigenvalue weighted by Crippen LogP contribution is -2.60. The van der Waals surface area contributed by atoms with Crippen molar-refractivity contribution in [1.29, 1.82) is 0 Å². The minimum atomic E-state index is -0.391. The van der Waals surface area contributed by atoms with E-state index in [-0.39, 0.29) is 11.6 Å². The molecular formula is C20H30FN3O3. The SMILES string of the molecule is CCOc1cc(F)ccc1NC(=O)NCC1(N2CCOCC2)CCCCC1. The molecule has 150 valence electrons. The largest absolute Gasteiger partial charge is 0.492 e. The summed E-state index contributed by atoms with van der Waals surface area (Å²) in [7, 11) is 0. The van der Waals surface area contributed by atoms with Crippen molar-refractivity contribution < 1.29 is 18.7 Å². The van der Waals surface area contributed by atoms with Gasteiger partial charge in [0.15, 0.2) is 0 Å². The van der Waals surface area contributed by atoms with Crippen LogP contribution < -0.4 is 15.4 Å². The van der Waals surface area contributed by atoms with Crippen molar-refractivity contribution in [2.24, 2.45) is 0 Å². The van der Waals surface area contributed by atoms with Crippen LogP contribution in [-0.4, -0.2) is 55.9 Å². The highest BCUT2D eigenvalue weighted by Crippen LogP contribution is 2.34. The molecule has 1 aromatic carbocycles. The molecule has 0 radical (unpaired) electrons. The molecule has 2 aliphatic rings. The monoisotopic (exact) mass is 379 g/mol. The lowest BCUT2D eigenvalue weighted by atomic mass is 9.80. The van der Waals surface area contributed by atoms with E-state index in [4.69, 9.17) is 9.47 Å². The molecule has 1 aromatic rings. The Balaban J connectivity index is 1.62. The maximum absolute atomic E-state index is 13.4. The van der Waals surface area contributed by atoms with Gasteiger partial charge in [0.1, 0.15) is 11.6 Å². The number of nitrogens with zero attached hydrogens (tertiary/aromatic N) is 1. The number of nitrogens with one attached hydrogen (secondary N) is 2. The molecule has 3 rings (SSSR count). The molecule has 1 heterocycles. The van der Waals surface area contributed by atoms with Gasteiger partial charge in [-0.1, -0.05) is 19.3 Å². The maximum Gasteiger partial charge on any atom is 0.319 e. The molecule has 0 aromatic heterocycles. The van der Waals surface area contributed by atoms with Gasteiger partial charge in [-0.2, -0.15) is 0 Å². The average molecular weight is 379 g/mol. The van der Waals surface area contributed by atoms with Crippen molar-refractivity contribution in [2.45, 2.75) is 44.6 Å². The van der Waals surface area contributed by atoms with Gasteiger partial charge in [-0.3, -0.25) is 4.90 Å². The van der Waals surface area contributed by atoms with Crippen molar-refractivity contribution in [3.63, 3.8) is 0 Å². The summed E-state index contributed by atoms with van der Waals surface area (Å²) in [5.74, 6) is -0.0499. The Morgan fingerprint density at radius 3 is 2.70 bits per heavy atom. The van der Waals surface area contributed by atoms with Gasteiger partial charge in [0, 0.05) is 31.2 Å². The number of ether oxygens (including phenoxy) is 2. The lowest BCUT2D eigenvalue weighted by molar-refractivity contribution is -0.0356. The fourth-order valence-corrected chi connectivity index (χ4v) is 4.14. The Morgan fingerprint density at radius 1 is 1.26 bits per heavy atom. The van der Waals surface area contributed by atoms with Crippen LogP contribution in [0.4, 0.5) is 14.9 Å². The molecule has 2 N–H and O–H groups in total. The van der Waals surface area contributed by atoms with E-state index in [1.807, 2.05) is 6.92 Å². The normalized spacial score (nSPS) is 20.1. The summed E-state index contributed by atoms with van der Waals surface area (Å²) in [5.41, 5.74) is 0.477. The highest BCUT2D eigenvalue weighted by Gasteiger charge is 2.38. The standard InChI is InChI=1S/C20H30FN3O3/c1-2-27-18-14-16(21)6-7-17(18)23-19(25)22-15-20(8-4-3-5-9-20)24-10-12-26-13-11-24/h6-7,14H,2-5,8-13,15H2,1H3,(H2,22,23,25). The van der Waals surface area contributed by atoms with Crippen LogP contribution in [0.3, 0.4) is 0 Å². The number of benzene rings is 1. The van der Waals surface area contributed by atoms with E-state index >= 15 is 0 Å². The van der Waals surface area contributed by atoms with Gasteiger partial charge in [0.2, 0.25) is 0 Å². The predicted octanol–water partition coefficient (Wildman–Crippen LogP) is 3.38. The second-order valence-electron chi connectivity index (χ2n) is 7.27. The van der Waals surface area contributed by atoms with E-state index in [1.54, 1.807) is 0 Å². The summed E-state index contributed by atoms with van der Waals surface area (Å²) in [6.45, 7) is 6.15. The van der Waals surface area contributed by atoms with Gasteiger partial charge in [0.05, 0.1) is 25.5 Å². The van der Waals surface area contributed by atoms with Crippen molar-refractivity contribution in [3.8, 4) is 5.75 Å². The predicted molar refractivity (Wildman–Crippen MR) is 103 cm³/mol. The number of amides is 2. The number of anilines is 1. The first-order chi connectivity index (χ1) is 13.1. The molecule has 2 amide bonds. The number of rotatable bonds is 6. The second-order valence-corrected chi connectivity index (χ2v) is 7.27. The smallest absolute Gasteiger partial charge is 0.319 e. The van der Waals surface area contributed by atoms with Gasteiger partial charge in [-0.05, 0) is 31.9 Å². The molecule has 6 nitrogen and oxygen atoms in total. The molecule has 0 unspecified atom stereocenters. The summed E-state index contributed by atoms with van der Waals surface area (Å²) in [4.78, 5) is 15.0. The molecule has 7 heteroatoms. The van der Waals surface area contributed by atoms with Crippen LogP contribution in [-0.2, 0) is 4.74 Å². The van der Waals surface area contributed by atoms with Crippen molar-refractivity contribution in [1.82, 2.24) is 10.2 Å². The van der Waals surface area contributed by atoms with Gasteiger partial charge in [-0.25, -0.2) is 9.18 Å². The fourth-order valence-electron chi connectivity index (χ4n) is 4.14. The number of hydrogen-bond donors (Lipinski definition) is 2. The minimum absolute atomic E-state index is 0.00488. The van der Waals surface area contributed by atoms with Crippen LogP contribution in [0.1, 0.15) is 39.0 Å². The highest BCUT2D eigenvalue weighted by molar-refractivity contribution is 5.90. The van der Waals surface area contributed by atoms with Crippen molar-refractivity contribution >= 4 is 11.7 Å². The van der Waals surface area contributed by atoms with E-state index < -0.39 is 5.82 Å². The number of carbonyl (C=O) groups is 1. The zero-order valence-corrected chi connectivity index (χ0v) is 16.1. The topological polar surface area (TPSA) is 62.8 Å². The van der Waals surface area contributed by atoms with E-state index in [0.29, 0.717) is 24.6 Å². The summed E-state index contributed by atoms with van der Waals surface area (Å²) in [6.07, 6.45) is 5.81. The molecule has 1 saturated heterocycles. The summed E-state index contributed by atoms with van der Waals surface area (Å²) in [6, 6.07) is 3.84. The number of carbonyl (C=O) groups excluding carboxylic acids is 1. The van der Waals surface area contributed by atoms with E-state index in [1.165, 1.54) is 37.5 Å². The molecule has 2 fully saturated rings. The number of urea groups is 1. The molecule has 0 atom stereocenters. The first kappa shape index (κ1) is 19.9. The lowest BCUT2D eigenvalue weighted by Gasteiger charge is -2.48. The van der Waals surface area contributed by atoms with Crippen LogP contribution in [0.15, 0.2) is 18.2 Å². The number of halogens is 1. The fraction of sp³-hybridized carbons (Fsp3) is 0.650. The van der Waals surface area contributed by atoms with E-state index in [9.17, 15) is 9.18 Å². The van der Waals surface area contributed by atoms with Gasteiger partial charge in [0.25, 0.3) is 0 Å². The Kier molecular flexibility index (Phi) is 6.90. The Morgan fingerprint density at radius 2 is 2.00 bits per heavy atom. The summed E-state index contributed by atoms with van der Waals surface area (Å²) < 4.78 is 24.4. The van der Waals surface area contributed by atoms with Crippen LogP contribution in [0.2, 0.25) is 0 Å². The van der Waals surface area contributed by atoms with Crippen molar-refractivity contribution in [3.05, 3.63) is 24.0 Å². The first-order valence-corrected chi connectivity index (χ1v) is 9.93. The molecule has 1 aliphatic carbocycles. The Bertz CT molecular complexity index is 629. The quantitative estimate of drug-likeness (QED) is 0.795. The molecule has 27 heavy (non-hydrogen) atoms. The second kappa shape index (κ2) is 9.37. The maximum atomic E-state index is 13.4. The van der Waals surface area contributed by atoms with Gasteiger partial charge >= 0.3 is 6.03 Å². The summed E-state index contributed by atoms with van der Waals surface area (Å²) >= 11 is 0. The molecule has 1 aliphatic heterocycles. The summed E-state index contributed by atoms with van der Waals surface area (Å²) in [5, 5.41) is 5.84. The van der Waals surface area contributed by atoms with E-state index in [0.717, 1.165) is 39.1 Å². The minimum Gasteiger partial charge on any atom is -0.492 e.